The van der Waals surface area contributed by atoms with Gasteiger partial charge in [0.2, 0.25) is 0 Å². The van der Waals surface area contributed by atoms with Crippen LogP contribution in [0.1, 0.15) is 19.3 Å². The van der Waals surface area contributed by atoms with Crippen molar-refractivity contribution in [2.75, 3.05) is 31.6 Å². The van der Waals surface area contributed by atoms with Crippen molar-refractivity contribution in [2.45, 2.75) is 31.5 Å². The lowest BCUT2D eigenvalue weighted by atomic mass is 10.0. The highest BCUT2D eigenvalue weighted by atomic mass is 19.1. The molecule has 2 rings (SSSR count). The van der Waals surface area contributed by atoms with Gasteiger partial charge in [-0.05, 0) is 19.5 Å². The Morgan fingerprint density at radius 2 is 2.35 bits per heavy atom. The largest absolute Gasteiger partial charge is 0.349 e. The summed E-state index contributed by atoms with van der Waals surface area (Å²) in [6, 6.07) is 6.13. The second-order valence-corrected chi connectivity index (χ2v) is 5.95. The van der Waals surface area contributed by atoms with Gasteiger partial charge in [0.15, 0.2) is 0 Å². The molecule has 23 heavy (non-hydrogen) atoms. The fourth-order valence-electron chi connectivity index (χ4n) is 3.01. The maximum atomic E-state index is 13.9. The topological polar surface area (TPSA) is 79.8 Å². The third kappa shape index (κ3) is 4.87. The minimum atomic E-state index is -0.867. The third-order valence-electron chi connectivity index (χ3n) is 4.07. The molecule has 3 atom stereocenters. The standard InChI is InChI=1S/C16H21FN6/c1-22(9-13(8-19)3-2-5-18)11-15-7-14(17)10-23(15)16-4-6-20-12-21-16/h4,6,12-15H,2-3,7,9-11H2,1H3/t13-,14+,15+/m1/s1. The summed E-state index contributed by atoms with van der Waals surface area (Å²) in [5.41, 5.74) is 0. The number of anilines is 1. The van der Waals surface area contributed by atoms with Crippen LogP contribution in [0.3, 0.4) is 0 Å². The Balaban J connectivity index is 1.94. The minimum Gasteiger partial charge on any atom is -0.349 e. The van der Waals surface area contributed by atoms with Gasteiger partial charge in [-0.2, -0.15) is 10.5 Å². The van der Waals surface area contributed by atoms with Crippen molar-refractivity contribution < 1.29 is 4.39 Å². The van der Waals surface area contributed by atoms with Gasteiger partial charge in [0.05, 0.1) is 24.6 Å². The molecule has 1 aliphatic rings. The van der Waals surface area contributed by atoms with E-state index in [1.54, 1.807) is 12.3 Å². The number of aromatic nitrogens is 2. The Bertz CT molecular complexity index is 566. The van der Waals surface area contributed by atoms with Gasteiger partial charge in [0, 0.05) is 38.2 Å². The summed E-state index contributed by atoms with van der Waals surface area (Å²) in [6.07, 6.45) is 3.67. The molecular formula is C16H21FN6. The number of alkyl halides is 1. The van der Waals surface area contributed by atoms with Crippen LogP contribution in [0.4, 0.5) is 10.2 Å². The first-order chi connectivity index (χ1) is 11.1. The molecule has 1 fully saturated rings. The number of likely N-dealkylation sites (N-methyl/N-ethyl adjacent to an activating group) is 1. The van der Waals surface area contributed by atoms with Gasteiger partial charge < -0.3 is 9.80 Å². The summed E-state index contributed by atoms with van der Waals surface area (Å²) in [5.74, 6) is 0.564. The first kappa shape index (κ1) is 17.1. The normalized spacial score (nSPS) is 21.9. The molecule has 1 aromatic rings. The van der Waals surface area contributed by atoms with Crippen LogP contribution in [0.15, 0.2) is 18.6 Å². The van der Waals surface area contributed by atoms with Crippen LogP contribution in [0.2, 0.25) is 0 Å². The molecule has 122 valence electrons. The number of halogens is 1. The number of nitriles is 2. The van der Waals surface area contributed by atoms with E-state index in [-0.39, 0.29) is 12.0 Å². The van der Waals surface area contributed by atoms with Crippen LogP contribution in [0, 0.1) is 28.6 Å². The van der Waals surface area contributed by atoms with E-state index in [9.17, 15) is 4.39 Å². The van der Waals surface area contributed by atoms with E-state index in [4.69, 9.17) is 10.5 Å². The maximum absolute atomic E-state index is 13.9. The molecule has 0 aromatic carbocycles. The average Bonchev–Trinajstić information content (AvgIpc) is 2.92. The third-order valence-corrected chi connectivity index (χ3v) is 4.07. The van der Waals surface area contributed by atoms with Gasteiger partial charge in [-0.1, -0.05) is 0 Å². The molecule has 0 N–H and O–H groups in total. The van der Waals surface area contributed by atoms with Gasteiger partial charge in [-0.15, -0.1) is 0 Å². The molecular weight excluding hydrogens is 295 g/mol. The molecule has 7 heteroatoms. The minimum absolute atomic E-state index is 0.0280. The van der Waals surface area contributed by atoms with Gasteiger partial charge in [-0.25, -0.2) is 14.4 Å². The van der Waals surface area contributed by atoms with Crippen molar-refractivity contribution in [3.63, 3.8) is 0 Å². The molecule has 0 radical (unpaired) electrons. The molecule has 0 saturated carbocycles. The van der Waals surface area contributed by atoms with Crippen LogP contribution >= 0.6 is 0 Å². The van der Waals surface area contributed by atoms with E-state index in [1.165, 1.54) is 6.33 Å². The second kappa shape index (κ2) is 8.40. The van der Waals surface area contributed by atoms with E-state index in [0.29, 0.717) is 38.9 Å². The Morgan fingerprint density at radius 3 is 3.00 bits per heavy atom. The molecule has 1 aromatic heterocycles. The van der Waals surface area contributed by atoms with Gasteiger partial charge >= 0.3 is 0 Å². The molecule has 1 saturated heterocycles. The highest BCUT2D eigenvalue weighted by Gasteiger charge is 2.33. The Labute approximate surface area is 136 Å². The van der Waals surface area contributed by atoms with Gasteiger partial charge in [0.25, 0.3) is 0 Å². The lowest BCUT2D eigenvalue weighted by Crippen LogP contribution is -2.40. The van der Waals surface area contributed by atoms with Crippen molar-refractivity contribution in [1.82, 2.24) is 14.9 Å². The summed E-state index contributed by atoms with van der Waals surface area (Å²) in [4.78, 5) is 12.1. The highest BCUT2D eigenvalue weighted by molar-refractivity contribution is 5.40. The Kier molecular flexibility index (Phi) is 6.25. The molecule has 1 aliphatic heterocycles. The fraction of sp³-hybridized carbons (Fsp3) is 0.625. The van der Waals surface area contributed by atoms with Crippen LogP contribution < -0.4 is 4.90 Å². The zero-order chi connectivity index (χ0) is 16.7. The number of hydrogen-bond acceptors (Lipinski definition) is 6. The maximum Gasteiger partial charge on any atom is 0.132 e. The first-order valence-electron chi connectivity index (χ1n) is 7.76. The van der Waals surface area contributed by atoms with Crippen molar-refractivity contribution in [3.8, 4) is 12.1 Å². The van der Waals surface area contributed by atoms with E-state index in [2.05, 4.69) is 22.1 Å². The zero-order valence-electron chi connectivity index (χ0n) is 13.3. The van der Waals surface area contributed by atoms with Crippen LogP contribution in [0.5, 0.6) is 0 Å². The van der Waals surface area contributed by atoms with Crippen molar-refractivity contribution >= 4 is 5.82 Å². The van der Waals surface area contributed by atoms with Crippen LogP contribution in [-0.2, 0) is 0 Å². The molecule has 0 aliphatic carbocycles. The molecule has 0 bridgehead atoms. The van der Waals surface area contributed by atoms with Gasteiger partial charge in [0.1, 0.15) is 18.3 Å². The first-order valence-corrected chi connectivity index (χ1v) is 7.76. The number of hydrogen-bond donors (Lipinski definition) is 0. The van der Waals surface area contributed by atoms with E-state index < -0.39 is 6.17 Å². The molecule has 0 spiro atoms. The van der Waals surface area contributed by atoms with Crippen LogP contribution in [0.25, 0.3) is 0 Å². The van der Waals surface area contributed by atoms with Crippen molar-refractivity contribution in [2.24, 2.45) is 5.92 Å². The second-order valence-electron chi connectivity index (χ2n) is 5.95. The van der Waals surface area contributed by atoms with Crippen LogP contribution in [-0.4, -0.2) is 53.8 Å². The average molecular weight is 316 g/mol. The number of nitrogens with zero attached hydrogens (tertiary/aromatic N) is 6. The molecule has 0 amide bonds. The van der Waals surface area contributed by atoms with E-state index in [1.807, 2.05) is 16.8 Å². The molecule has 0 unspecified atom stereocenters. The Morgan fingerprint density at radius 1 is 1.52 bits per heavy atom. The van der Waals surface area contributed by atoms with Crippen molar-refractivity contribution in [3.05, 3.63) is 18.6 Å². The molecule has 6 nitrogen and oxygen atoms in total. The highest BCUT2D eigenvalue weighted by Crippen LogP contribution is 2.26. The lowest BCUT2D eigenvalue weighted by molar-refractivity contribution is 0.270. The quantitative estimate of drug-likeness (QED) is 0.762. The predicted molar refractivity (Wildman–Crippen MR) is 84.1 cm³/mol. The summed E-state index contributed by atoms with van der Waals surface area (Å²) in [7, 11) is 1.93. The van der Waals surface area contributed by atoms with Gasteiger partial charge in [-0.3, -0.25) is 0 Å². The summed E-state index contributed by atoms with van der Waals surface area (Å²) >= 11 is 0. The monoisotopic (exact) mass is 316 g/mol. The summed E-state index contributed by atoms with van der Waals surface area (Å²) in [5, 5.41) is 17.8. The van der Waals surface area contributed by atoms with Crippen molar-refractivity contribution in [1.29, 1.82) is 10.5 Å². The SMILES string of the molecule is CN(C[C@@H](C#N)CCC#N)C[C@@H]1C[C@H](F)CN1c1ccncn1. The zero-order valence-corrected chi connectivity index (χ0v) is 13.3. The van der Waals surface area contributed by atoms with E-state index in [0.717, 1.165) is 5.82 Å². The number of rotatable bonds is 7. The smallest absolute Gasteiger partial charge is 0.132 e. The van der Waals surface area contributed by atoms with E-state index >= 15 is 0 Å². The lowest BCUT2D eigenvalue weighted by Gasteiger charge is -2.29. The Hall–Kier alpha value is -2.25. The summed E-state index contributed by atoms with van der Waals surface area (Å²) in [6.45, 7) is 1.59. The predicted octanol–water partition coefficient (Wildman–Crippen LogP) is 1.77. The summed E-state index contributed by atoms with van der Waals surface area (Å²) < 4.78 is 13.9. The molecule has 2 heterocycles. The fourth-order valence-corrected chi connectivity index (χ4v) is 3.01.